The topological polar surface area (TPSA) is 21.6 Å². The van der Waals surface area contributed by atoms with Gasteiger partial charge in [-0.25, -0.2) is 0 Å². The zero-order valence-corrected chi connectivity index (χ0v) is 6.58. The molecule has 0 spiro atoms. The van der Waals surface area contributed by atoms with Crippen LogP contribution in [0.15, 0.2) is 29.2 Å². The van der Waals surface area contributed by atoms with E-state index >= 15 is 0 Å². The van der Waals surface area contributed by atoms with Crippen molar-refractivity contribution in [1.29, 1.82) is 0 Å². The average Bonchev–Trinajstić information content (AvgIpc) is 2.13. The average molecular weight is 147 g/mol. The van der Waals surface area contributed by atoms with Gasteiger partial charge in [-0.15, -0.1) is 0 Å². The van der Waals surface area contributed by atoms with Crippen molar-refractivity contribution in [3.8, 4) is 0 Å². The van der Waals surface area contributed by atoms with Crippen LogP contribution >= 0.6 is 0 Å². The van der Waals surface area contributed by atoms with Crippen molar-refractivity contribution in [2.24, 2.45) is 4.99 Å². The normalized spacial score (nSPS) is 28.3. The fourth-order valence-corrected chi connectivity index (χ4v) is 0.851. The van der Waals surface area contributed by atoms with E-state index in [-0.39, 0.29) is 5.94 Å². The van der Waals surface area contributed by atoms with Crippen molar-refractivity contribution < 1.29 is 4.74 Å². The van der Waals surface area contributed by atoms with Crippen LogP contribution in [0.1, 0.15) is 13.3 Å². The zero-order chi connectivity index (χ0) is 8.27. The van der Waals surface area contributed by atoms with Gasteiger partial charge in [-0.05, 0) is 13.0 Å². The van der Waals surface area contributed by atoms with Crippen molar-refractivity contribution >= 4 is 14.1 Å². The number of nitrogens with zero attached hydrogens (tertiary/aromatic N) is 1. The lowest BCUT2D eigenvalue weighted by Crippen LogP contribution is -2.03. The smallest absolute Gasteiger partial charge is 0.137 e. The summed E-state index contributed by atoms with van der Waals surface area (Å²) < 4.78 is 5.27. The van der Waals surface area contributed by atoms with Gasteiger partial charge in [-0.2, -0.15) is 0 Å². The molecule has 1 unspecified atom stereocenters. The minimum atomic E-state index is -0.194. The highest BCUT2D eigenvalue weighted by molar-refractivity contribution is 6.12. The summed E-state index contributed by atoms with van der Waals surface area (Å²) in [6, 6.07) is 0. The number of aliphatic imine (C=N–C) groups is 1. The summed E-state index contributed by atoms with van der Waals surface area (Å²) in [5.41, 5.74) is 0. The van der Waals surface area contributed by atoms with E-state index in [4.69, 9.17) is 12.6 Å². The Morgan fingerprint density at radius 3 is 3.27 bits per heavy atom. The van der Waals surface area contributed by atoms with Crippen LogP contribution in [-0.4, -0.2) is 20.0 Å². The fraction of sp³-hybridized carbons (Fsp3) is 0.375. The van der Waals surface area contributed by atoms with Crippen LogP contribution in [0.4, 0.5) is 0 Å². The van der Waals surface area contributed by atoms with Crippen LogP contribution in [0.5, 0.6) is 0 Å². The van der Waals surface area contributed by atoms with Crippen LogP contribution in [0, 0.1) is 0 Å². The molecule has 0 aromatic heterocycles. The molecule has 1 heterocycles. The van der Waals surface area contributed by atoms with Gasteiger partial charge in [0.1, 0.15) is 19.4 Å². The molecule has 0 saturated heterocycles. The Bertz CT molecular complexity index is 220. The first-order chi connectivity index (χ1) is 5.22. The second kappa shape index (κ2) is 3.42. The van der Waals surface area contributed by atoms with Crippen LogP contribution < -0.4 is 0 Å². The first-order valence-electron chi connectivity index (χ1n) is 3.53. The Morgan fingerprint density at radius 1 is 1.91 bits per heavy atom. The first kappa shape index (κ1) is 8.11. The highest BCUT2D eigenvalue weighted by Gasteiger charge is 2.08. The summed E-state index contributed by atoms with van der Waals surface area (Å²) >= 11 is 0. The molecule has 11 heavy (non-hydrogen) atoms. The largest absolute Gasteiger partial charge is 0.461 e. The molecular formula is C8H10BNO. The molecule has 0 aromatic carbocycles. The highest BCUT2D eigenvalue weighted by atomic mass is 16.5. The van der Waals surface area contributed by atoms with E-state index in [1.807, 2.05) is 13.0 Å². The summed E-state index contributed by atoms with van der Waals surface area (Å²) in [5.74, 6) is 1.19. The van der Waals surface area contributed by atoms with Crippen LogP contribution in [0.3, 0.4) is 0 Å². The van der Waals surface area contributed by atoms with Gasteiger partial charge in [0.2, 0.25) is 0 Å². The molecule has 3 heteroatoms. The van der Waals surface area contributed by atoms with E-state index in [9.17, 15) is 0 Å². The maximum Gasteiger partial charge on any atom is 0.137 e. The lowest BCUT2D eigenvalue weighted by atomic mass is 9.93. The lowest BCUT2D eigenvalue weighted by molar-refractivity contribution is 0.319. The van der Waals surface area contributed by atoms with Crippen molar-refractivity contribution in [3.63, 3.8) is 0 Å². The molecule has 1 rings (SSSR count). The van der Waals surface area contributed by atoms with Gasteiger partial charge < -0.3 is 4.74 Å². The van der Waals surface area contributed by atoms with Crippen LogP contribution in [0.25, 0.3) is 0 Å². The van der Waals surface area contributed by atoms with Gasteiger partial charge in [0.15, 0.2) is 0 Å². The van der Waals surface area contributed by atoms with E-state index in [0.717, 1.165) is 5.76 Å². The van der Waals surface area contributed by atoms with Crippen molar-refractivity contribution in [1.82, 2.24) is 0 Å². The molecule has 0 N–H and O–H groups in total. The van der Waals surface area contributed by atoms with E-state index in [1.165, 1.54) is 0 Å². The molecule has 0 aliphatic carbocycles. The van der Waals surface area contributed by atoms with Crippen molar-refractivity contribution in [2.45, 2.75) is 19.3 Å². The van der Waals surface area contributed by atoms with Gasteiger partial charge in [-0.1, -0.05) is 6.58 Å². The molecule has 0 saturated carbocycles. The van der Waals surface area contributed by atoms with Crippen molar-refractivity contribution in [3.05, 3.63) is 24.2 Å². The van der Waals surface area contributed by atoms with E-state index in [1.54, 1.807) is 6.21 Å². The first-order valence-corrected chi connectivity index (χ1v) is 3.53. The Kier molecular flexibility index (Phi) is 2.52. The molecule has 2 radical (unpaired) electrons. The van der Waals surface area contributed by atoms with Gasteiger partial charge in [0.05, 0.1) is 6.21 Å². The molecule has 0 fully saturated rings. The summed E-state index contributed by atoms with van der Waals surface area (Å²) in [4.78, 5) is 3.99. The van der Waals surface area contributed by atoms with E-state index in [2.05, 4.69) is 11.6 Å². The summed E-state index contributed by atoms with van der Waals surface area (Å²) in [6.07, 6.45) is 4.08. The Balaban J connectivity index is 2.74. The monoisotopic (exact) mass is 147 g/mol. The van der Waals surface area contributed by atoms with Crippen LogP contribution in [0.2, 0.25) is 0 Å². The number of allylic oxidation sites excluding steroid dienone is 2. The Morgan fingerprint density at radius 2 is 2.64 bits per heavy atom. The molecule has 1 aliphatic rings. The van der Waals surface area contributed by atoms with Crippen LogP contribution in [-0.2, 0) is 4.74 Å². The number of hydrogen-bond acceptors (Lipinski definition) is 2. The van der Waals surface area contributed by atoms with Gasteiger partial charge in [0, 0.05) is 12.4 Å². The molecule has 1 aliphatic heterocycles. The molecule has 1 atom stereocenters. The predicted octanol–water partition coefficient (Wildman–Crippen LogP) is 1.39. The fourth-order valence-electron chi connectivity index (χ4n) is 0.851. The predicted molar refractivity (Wildman–Crippen MR) is 46.6 cm³/mol. The van der Waals surface area contributed by atoms with Gasteiger partial charge in [-0.3, -0.25) is 4.99 Å². The zero-order valence-electron chi connectivity index (χ0n) is 6.58. The van der Waals surface area contributed by atoms with Crippen molar-refractivity contribution in [2.75, 3.05) is 0 Å². The van der Waals surface area contributed by atoms with Gasteiger partial charge in [0.25, 0.3) is 0 Å². The van der Waals surface area contributed by atoms with E-state index < -0.39 is 0 Å². The quantitative estimate of drug-likeness (QED) is 0.474. The maximum absolute atomic E-state index is 5.60. The molecule has 56 valence electrons. The maximum atomic E-state index is 5.60. The lowest BCUT2D eigenvalue weighted by Gasteiger charge is -2.06. The second-order valence-electron chi connectivity index (χ2n) is 2.37. The molecule has 0 amide bonds. The Hall–Kier alpha value is -0.985. The summed E-state index contributed by atoms with van der Waals surface area (Å²) in [5, 5.41) is 0. The number of rotatable bonds is 0. The third-order valence-corrected chi connectivity index (χ3v) is 1.40. The van der Waals surface area contributed by atoms with Gasteiger partial charge >= 0.3 is 0 Å². The Labute approximate surface area is 68.1 Å². The third kappa shape index (κ3) is 2.26. The SMILES string of the molecule is [B]C1C/C(=C\C)OC(=C)C=N1. The number of hydrogen-bond donors (Lipinski definition) is 0. The number of ether oxygens (including phenoxy) is 1. The minimum Gasteiger partial charge on any atom is -0.461 e. The highest BCUT2D eigenvalue weighted by Crippen LogP contribution is 2.14. The molecular weight excluding hydrogens is 137 g/mol. The summed E-state index contributed by atoms with van der Waals surface area (Å²) in [6.45, 7) is 5.54. The molecule has 0 bridgehead atoms. The minimum absolute atomic E-state index is 0.194. The standard InChI is InChI=1S/C8H10BNO/c1-3-7-4-8(9)10-5-6(2)11-7/h3,5,8H,2,4H2,1H3/b7-3+. The second-order valence-corrected chi connectivity index (χ2v) is 2.37. The summed E-state index contributed by atoms with van der Waals surface area (Å²) in [7, 11) is 5.60. The molecule has 2 nitrogen and oxygen atoms in total. The third-order valence-electron chi connectivity index (χ3n) is 1.40. The van der Waals surface area contributed by atoms with E-state index in [0.29, 0.717) is 12.2 Å². The molecule has 0 aromatic rings.